The molecule has 0 saturated heterocycles. The molecular formula is C20H22BrN4P. The van der Waals surface area contributed by atoms with Gasteiger partial charge in [-0.25, -0.2) is 9.67 Å². The molecule has 1 unspecified atom stereocenters. The predicted octanol–water partition coefficient (Wildman–Crippen LogP) is 4.02. The fraction of sp³-hybridized carbons (Fsp3) is 0.300. The Labute approximate surface area is 165 Å². The molecule has 4 rings (SSSR count). The van der Waals surface area contributed by atoms with E-state index in [-0.39, 0.29) is 0 Å². The lowest BCUT2D eigenvalue weighted by atomic mass is 10.1. The lowest BCUT2D eigenvalue weighted by Crippen LogP contribution is -2.33. The van der Waals surface area contributed by atoms with E-state index in [1.165, 1.54) is 33.6 Å². The van der Waals surface area contributed by atoms with Gasteiger partial charge >= 0.3 is 0 Å². The number of rotatable bonds is 2. The topological polar surface area (TPSA) is 34.0 Å². The van der Waals surface area contributed by atoms with Gasteiger partial charge in [0.25, 0.3) is 0 Å². The molecule has 1 aliphatic heterocycles. The van der Waals surface area contributed by atoms with Gasteiger partial charge in [-0.2, -0.15) is 5.10 Å². The van der Waals surface area contributed by atoms with E-state index in [1.807, 2.05) is 6.20 Å². The fourth-order valence-electron chi connectivity index (χ4n) is 3.66. The molecule has 0 saturated carbocycles. The van der Waals surface area contributed by atoms with Crippen LogP contribution in [0.1, 0.15) is 27.9 Å². The maximum Gasteiger partial charge on any atom is 0.136 e. The zero-order valence-electron chi connectivity index (χ0n) is 15.3. The van der Waals surface area contributed by atoms with E-state index < -0.39 is 0 Å². The highest BCUT2D eigenvalue weighted by Gasteiger charge is 2.26. The number of fused-ring (bicyclic) bond motifs is 1. The Kier molecular flexibility index (Phi) is 4.62. The highest BCUT2D eigenvalue weighted by Crippen LogP contribution is 2.32. The molecule has 134 valence electrons. The number of hydrogen-bond acceptors (Lipinski definition) is 3. The van der Waals surface area contributed by atoms with Crippen LogP contribution >= 0.6 is 25.2 Å². The minimum Gasteiger partial charge on any atom is -0.351 e. The van der Waals surface area contributed by atoms with Crippen LogP contribution in [0.4, 0.5) is 5.82 Å². The molecule has 26 heavy (non-hydrogen) atoms. The molecule has 4 nitrogen and oxygen atoms in total. The summed E-state index contributed by atoms with van der Waals surface area (Å²) >= 11 is 3.82. The van der Waals surface area contributed by atoms with Gasteiger partial charge < -0.3 is 4.90 Å². The largest absolute Gasteiger partial charge is 0.351 e. The third-order valence-electron chi connectivity index (χ3n) is 4.95. The molecule has 0 spiro atoms. The Hall–Kier alpha value is -1.71. The summed E-state index contributed by atoms with van der Waals surface area (Å²) in [6, 6.07) is 8.53. The fourth-order valence-corrected chi connectivity index (χ4v) is 4.79. The first-order valence-electron chi connectivity index (χ1n) is 8.75. The van der Waals surface area contributed by atoms with E-state index >= 15 is 0 Å². The van der Waals surface area contributed by atoms with Crippen LogP contribution in [0.25, 0.3) is 5.69 Å². The van der Waals surface area contributed by atoms with E-state index in [2.05, 4.69) is 84.8 Å². The van der Waals surface area contributed by atoms with Crippen molar-refractivity contribution in [2.75, 3.05) is 11.4 Å². The summed E-state index contributed by atoms with van der Waals surface area (Å²) < 4.78 is 3.11. The van der Waals surface area contributed by atoms with E-state index in [0.717, 1.165) is 35.2 Å². The molecular weight excluding hydrogens is 407 g/mol. The minimum atomic E-state index is 0.818. The van der Waals surface area contributed by atoms with Gasteiger partial charge in [-0.15, -0.1) is 9.24 Å². The highest BCUT2D eigenvalue weighted by atomic mass is 79.9. The van der Waals surface area contributed by atoms with Gasteiger partial charge in [0.2, 0.25) is 0 Å². The Morgan fingerprint density at radius 3 is 2.58 bits per heavy atom. The van der Waals surface area contributed by atoms with Crippen LogP contribution in [-0.4, -0.2) is 21.3 Å². The zero-order chi connectivity index (χ0) is 18.4. The number of pyridine rings is 1. The van der Waals surface area contributed by atoms with Crippen LogP contribution in [-0.2, 0) is 13.0 Å². The van der Waals surface area contributed by atoms with Crippen LogP contribution in [0.15, 0.2) is 35.1 Å². The van der Waals surface area contributed by atoms with Crippen LogP contribution < -0.4 is 10.2 Å². The zero-order valence-corrected chi connectivity index (χ0v) is 18.0. The van der Waals surface area contributed by atoms with Crippen molar-refractivity contribution in [1.29, 1.82) is 0 Å². The normalized spacial score (nSPS) is 13.8. The van der Waals surface area contributed by atoms with Gasteiger partial charge in [0.1, 0.15) is 10.4 Å². The van der Waals surface area contributed by atoms with Crippen LogP contribution in [0, 0.1) is 20.8 Å². The highest BCUT2D eigenvalue weighted by molar-refractivity contribution is 9.10. The maximum atomic E-state index is 4.92. The number of hydrogen-bond donors (Lipinski definition) is 0. The van der Waals surface area contributed by atoms with Gasteiger partial charge in [-0.05, 0) is 59.5 Å². The average Bonchev–Trinajstić information content (AvgIpc) is 2.91. The number of anilines is 1. The van der Waals surface area contributed by atoms with Crippen molar-refractivity contribution >= 4 is 36.3 Å². The van der Waals surface area contributed by atoms with E-state index in [9.17, 15) is 0 Å². The number of aromatic nitrogens is 3. The first-order valence-corrected chi connectivity index (χ1v) is 10.1. The van der Waals surface area contributed by atoms with Gasteiger partial charge in [0.15, 0.2) is 0 Å². The van der Waals surface area contributed by atoms with Crippen molar-refractivity contribution in [3.63, 3.8) is 0 Å². The molecule has 0 aliphatic carbocycles. The summed E-state index contributed by atoms with van der Waals surface area (Å²) in [4.78, 5) is 7.00. The van der Waals surface area contributed by atoms with E-state index in [0.29, 0.717) is 0 Å². The number of para-hydroxylation sites is 1. The van der Waals surface area contributed by atoms with Gasteiger partial charge in [0.05, 0.1) is 11.4 Å². The molecule has 6 heteroatoms. The summed E-state index contributed by atoms with van der Waals surface area (Å²) in [5, 5.41) is 6.07. The summed E-state index contributed by atoms with van der Waals surface area (Å²) in [6.45, 7) is 8.10. The second-order valence-corrected chi connectivity index (χ2v) is 8.34. The second kappa shape index (κ2) is 6.79. The van der Waals surface area contributed by atoms with Crippen molar-refractivity contribution in [1.82, 2.24) is 14.8 Å². The standard InChI is InChI=1S/C20H22BrN4P/c1-12-9-17(26)20(22-10-12)24-8-7-16-15(11-24)19(21)25(23-16)18-13(2)5-4-6-14(18)3/h4-6,9-10H,7-8,11,26H2,1-3H3. The maximum absolute atomic E-state index is 4.92. The number of halogens is 1. The van der Waals surface area contributed by atoms with Crippen molar-refractivity contribution < 1.29 is 0 Å². The molecule has 3 heterocycles. The Bertz CT molecular complexity index is 975. The molecule has 0 radical (unpaired) electrons. The summed E-state index contributed by atoms with van der Waals surface area (Å²) in [5.74, 6) is 1.04. The van der Waals surface area contributed by atoms with Crippen LogP contribution in [0.5, 0.6) is 0 Å². The van der Waals surface area contributed by atoms with Gasteiger partial charge in [-0.1, -0.05) is 18.2 Å². The third kappa shape index (κ3) is 2.97. The second-order valence-electron chi connectivity index (χ2n) is 6.97. The Balaban J connectivity index is 1.74. The van der Waals surface area contributed by atoms with Gasteiger partial charge in [0, 0.05) is 36.6 Å². The molecule has 0 N–H and O–H groups in total. The summed E-state index contributed by atoms with van der Waals surface area (Å²) in [6.07, 6.45) is 2.86. The third-order valence-corrected chi connectivity index (χ3v) is 6.19. The molecule has 3 aromatic rings. The first kappa shape index (κ1) is 17.7. The molecule has 0 bridgehead atoms. The Morgan fingerprint density at radius 1 is 1.15 bits per heavy atom. The summed E-state index contributed by atoms with van der Waals surface area (Å²) in [7, 11) is 2.82. The van der Waals surface area contributed by atoms with Gasteiger partial charge in [-0.3, -0.25) is 0 Å². The molecule has 1 aliphatic rings. The molecule has 2 aromatic heterocycles. The SMILES string of the molecule is Cc1cnc(N2CCc3nn(-c4c(C)cccc4C)c(Br)c3C2)c(P)c1. The number of aryl methyl sites for hydroxylation is 3. The Morgan fingerprint density at radius 2 is 1.88 bits per heavy atom. The smallest absolute Gasteiger partial charge is 0.136 e. The van der Waals surface area contributed by atoms with Crippen molar-refractivity contribution in [2.45, 2.75) is 33.7 Å². The quantitative estimate of drug-likeness (QED) is 0.578. The van der Waals surface area contributed by atoms with E-state index in [1.54, 1.807) is 0 Å². The predicted molar refractivity (Wildman–Crippen MR) is 114 cm³/mol. The molecule has 1 atom stereocenters. The van der Waals surface area contributed by atoms with Crippen LogP contribution in [0.2, 0.25) is 0 Å². The monoisotopic (exact) mass is 428 g/mol. The molecule has 0 fully saturated rings. The molecule has 1 aromatic carbocycles. The van der Waals surface area contributed by atoms with E-state index in [4.69, 9.17) is 5.10 Å². The number of nitrogens with zero attached hydrogens (tertiary/aromatic N) is 4. The first-order chi connectivity index (χ1) is 12.5. The lowest BCUT2D eigenvalue weighted by Gasteiger charge is -2.28. The summed E-state index contributed by atoms with van der Waals surface area (Å²) in [5.41, 5.74) is 7.24. The average molecular weight is 429 g/mol. The lowest BCUT2D eigenvalue weighted by molar-refractivity contribution is 0.707. The van der Waals surface area contributed by atoms with Crippen molar-refractivity contribution in [3.05, 3.63) is 63.0 Å². The molecule has 0 amide bonds. The van der Waals surface area contributed by atoms with Crippen molar-refractivity contribution in [2.24, 2.45) is 0 Å². The van der Waals surface area contributed by atoms with Crippen molar-refractivity contribution in [3.8, 4) is 5.69 Å². The minimum absolute atomic E-state index is 0.818. The number of benzene rings is 1. The van der Waals surface area contributed by atoms with Crippen LogP contribution in [0.3, 0.4) is 0 Å².